The number of benzene rings is 1. The van der Waals surface area contributed by atoms with Crippen molar-refractivity contribution < 1.29 is 27.8 Å². The van der Waals surface area contributed by atoms with E-state index < -0.39 is 18.9 Å². The predicted octanol–water partition coefficient (Wildman–Crippen LogP) is 3.09. The number of methoxy groups -OCH3 is 1. The van der Waals surface area contributed by atoms with Crippen molar-refractivity contribution >= 4 is 0 Å². The Balaban J connectivity index is 2.33. The van der Waals surface area contributed by atoms with Crippen molar-refractivity contribution in [3.05, 3.63) is 29.8 Å². The Morgan fingerprint density at radius 2 is 1.95 bits per heavy atom. The molecule has 0 spiro atoms. The fraction of sp³-hybridized carbons (Fsp3) is 0.538. The lowest BCUT2D eigenvalue weighted by Gasteiger charge is -2.14. The minimum Gasteiger partial charge on any atom is -0.496 e. The number of halogens is 3. The molecule has 0 radical (unpaired) electrons. The molecule has 1 aromatic carbocycles. The van der Waals surface area contributed by atoms with Gasteiger partial charge in [-0.25, -0.2) is 0 Å². The van der Waals surface area contributed by atoms with E-state index in [1.165, 1.54) is 7.11 Å². The zero-order valence-corrected chi connectivity index (χ0v) is 10.6. The number of rotatable bonds is 7. The van der Waals surface area contributed by atoms with E-state index >= 15 is 0 Å². The Hall–Kier alpha value is -1.27. The highest BCUT2D eigenvalue weighted by Crippen LogP contribution is 2.27. The maximum atomic E-state index is 11.8. The van der Waals surface area contributed by atoms with Crippen molar-refractivity contribution in [2.24, 2.45) is 0 Å². The first-order valence-electron chi connectivity index (χ1n) is 5.89. The van der Waals surface area contributed by atoms with Crippen LogP contribution in [0, 0.1) is 0 Å². The van der Waals surface area contributed by atoms with Crippen LogP contribution in [0.15, 0.2) is 24.3 Å². The molecule has 0 bridgehead atoms. The standard InChI is InChI=1S/C13H17F3O3/c1-18-12-7-3-2-5-10(12)11(17)6-4-8-19-9-13(14,15)16/h2-3,5,7,11,17H,4,6,8-9H2,1H3. The normalized spacial score (nSPS) is 13.3. The van der Waals surface area contributed by atoms with Crippen LogP contribution in [0.4, 0.5) is 13.2 Å². The molecule has 0 saturated heterocycles. The van der Waals surface area contributed by atoms with E-state index in [9.17, 15) is 18.3 Å². The molecule has 19 heavy (non-hydrogen) atoms. The molecular formula is C13H17F3O3. The van der Waals surface area contributed by atoms with E-state index in [1.807, 2.05) is 0 Å². The molecule has 0 saturated carbocycles. The molecule has 0 aliphatic heterocycles. The van der Waals surface area contributed by atoms with E-state index in [4.69, 9.17) is 4.74 Å². The number of aliphatic hydroxyl groups excluding tert-OH is 1. The van der Waals surface area contributed by atoms with Crippen molar-refractivity contribution in [1.29, 1.82) is 0 Å². The highest BCUT2D eigenvalue weighted by molar-refractivity contribution is 5.34. The van der Waals surface area contributed by atoms with E-state index in [-0.39, 0.29) is 6.61 Å². The lowest BCUT2D eigenvalue weighted by molar-refractivity contribution is -0.174. The quantitative estimate of drug-likeness (QED) is 0.779. The summed E-state index contributed by atoms with van der Waals surface area (Å²) in [5, 5.41) is 9.93. The Kier molecular flexibility index (Phi) is 6.11. The van der Waals surface area contributed by atoms with Crippen molar-refractivity contribution in [3.63, 3.8) is 0 Å². The van der Waals surface area contributed by atoms with Gasteiger partial charge < -0.3 is 14.6 Å². The predicted molar refractivity (Wildman–Crippen MR) is 64.1 cm³/mol. The topological polar surface area (TPSA) is 38.7 Å². The highest BCUT2D eigenvalue weighted by Gasteiger charge is 2.27. The number of alkyl halides is 3. The lowest BCUT2D eigenvalue weighted by atomic mass is 10.0. The molecular weight excluding hydrogens is 261 g/mol. The second kappa shape index (κ2) is 7.35. The summed E-state index contributed by atoms with van der Waals surface area (Å²) in [6.07, 6.45) is -4.42. The summed E-state index contributed by atoms with van der Waals surface area (Å²) in [6.45, 7) is -1.29. The molecule has 1 unspecified atom stereocenters. The van der Waals surface area contributed by atoms with Gasteiger partial charge in [-0.15, -0.1) is 0 Å². The first kappa shape index (κ1) is 15.8. The molecule has 1 rings (SSSR count). The van der Waals surface area contributed by atoms with Gasteiger partial charge in [0.1, 0.15) is 12.4 Å². The molecule has 0 aliphatic carbocycles. The van der Waals surface area contributed by atoms with E-state index in [2.05, 4.69) is 4.74 Å². The van der Waals surface area contributed by atoms with Gasteiger partial charge in [-0.1, -0.05) is 18.2 Å². The highest BCUT2D eigenvalue weighted by atomic mass is 19.4. The van der Waals surface area contributed by atoms with Crippen molar-refractivity contribution in [2.45, 2.75) is 25.1 Å². The molecule has 1 aromatic rings. The van der Waals surface area contributed by atoms with Crippen LogP contribution in [0.2, 0.25) is 0 Å². The first-order valence-corrected chi connectivity index (χ1v) is 5.89. The zero-order valence-electron chi connectivity index (χ0n) is 10.6. The van der Waals surface area contributed by atoms with Crippen LogP contribution in [-0.2, 0) is 4.74 Å². The summed E-state index contributed by atoms with van der Waals surface area (Å²) in [5.41, 5.74) is 0.626. The summed E-state index contributed by atoms with van der Waals surface area (Å²) >= 11 is 0. The molecule has 0 aromatic heterocycles. The van der Waals surface area contributed by atoms with E-state index in [0.717, 1.165) is 0 Å². The summed E-state index contributed by atoms with van der Waals surface area (Å²) in [7, 11) is 1.50. The molecule has 3 nitrogen and oxygen atoms in total. The van der Waals surface area contributed by atoms with Gasteiger partial charge in [0.15, 0.2) is 0 Å². The average Bonchev–Trinajstić information content (AvgIpc) is 2.36. The monoisotopic (exact) mass is 278 g/mol. The van der Waals surface area contributed by atoms with Crippen LogP contribution >= 0.6 is 0 Å². The largest absolute Gasteiger partial charge is 0.496 e. The van der Waals surface area contributed by atoms with Gasteiger partial charge in [0.25, 0.3) is 0 Å². The fourth-order valence-corrected chi connectivity index (χ4v) is 1.66. The Morgan fingerprint density at radius 1 is 1.26 bits per heavy atom. The molecule has 0 fully saturated rings. The SMILES string of the molecule is COc1ccccc1C(O)CCCOCC(F)(F)F. The molecule has 0 heterocycles. The van der Waals surface area contributed by atoms with Crippen LogP contribution < -0.4 is 4.74 Å². The maximum absolute atomic E-state index is 11.8. The van der Waals surface area contributed by atoms with Crippen molar-refractivity contribution in [1.82, 2.24) is 0 Å². The summed E-state index contributed by atoms with van der Waals surface area (Å²) < 4.78 is 45.0. The third-order valence-electron chi connectivity index (χ3n) is 2.53. The van der Waals surface area contributed by atoms with Crippen LogP contribution in [0.25, 0.3) is 0 Å². The Bertz CT molecular complexity index is 380. The van der Waals surface area contributed by atoms with Gasteiger partial charge in [-0.05, 0) is 18.9 Å². The van der Waals surface area contributed by atoms with Crippen molar-refractivity contribution in [3.8, 4) is 5.75 Å². The first-order chi connectivity index (χ1) is 8.94. The maximum Gasteiger partial charge on any atom is 0.411 e. The minimum atomic E-state index is -4.30. The number of ether oxygens (including phenoxy) is 2. The van der Waals surface area contributed by atoms with Crippen LogP contribution in [0.1, 0.15) is 24.5 Å². The molecule has 1 N–H and O–H groups in total. The van der Waals surface area contributed by atoms with Gasteiger partial charge in [0.05, 0.1) is 13.2 Å². The molecule has 6 heteroatoms. The van der Waals surface area contributed by atoms with Crippen LogP contribution in [0.5, 0.6) is 5.75 Å². The molecule has 1 atom stereocenters. The third kappa shape index (κ3) is 5.94. The van der Waals surface area contributed by atoms with E-state index in [1.54, 1.807) is 24.3 Å². The summed E-state index contributed by atoms with van der Waals surface area (Å²) in [6, 6.07) is 6.99. The number of aliphatic hydroxyl groups is 1. The second-order valence-corrected chi connectivity index (χ2v) is 4.07. The van der Waals surface area contributed by atoms with Gasteiger partial charge in [-0.3, -0.25) is 0 Å². The van der Waals surface area contributed by atoms with Gasteiger partial charge in [-0.2, -0.15) is 13.2 Å². The number of hydrogen-bond acceptors (Lipinski definition) is 3. The number of para-hydroxylation sites is 1. The fourth-order valence-electron chi connectivity index (χ4n) is 1.66. The second-order valence-electron chi connectivity index (χ2n) is 4.07. The van der Waals surface area contributed by atoms with Crippen molar-refractivity contribution in [2.75, 3.05) is 20.3 Å². The number of hydrogen-bond donors (Lipinski definition) is 1. The van der Waals surface area contributed by atoms with Gasteiger partial charge in [0.2, 0.25) is 0 Å². The lowest BCUT2D eigenvalue weighted by Crippen LogP contribution is -2.17. The average molecular weight is 278 g/mol. The van der Waals surface area contributed by atoms with Crippen LogP contribution in [0.3, 0.4) is 0 Å². The van der Waals surface area contributed by atoms with Gasteiger partial charge in [0, 0.05) is 12.2 Å². The minimum absolute atomic E-state index is 0.0360. The molecule has 0 amide bonds. The van der Waals surface area contributed by atoms with E-state index in [0.29, 0.717) is 24.2 Å². The zero-order chi connectivity index (χ0) is 14.3. The Morgan fingerprint density at radius 3 is 2.58 bits per heavy atom. The Labute approximate surface area is 110 Å². The van der Waals surface area contributed by atoms with Crippen LogP contribution in [-0.4, -0.2) is 31.6 Å². The molecule has 108 valence electrons. The third-order valence-corrected chi connectivity index (χ3v) is 2.53. The molecule has 0 aliphatic rings. The smallest absolute Gasteiger partial charge is 0.411 e. The summed E-state index contributed by atoms with van der Waals surface area (Å²) in [5.74, 6) is 0.561. The van der Waals surface area contributed by atoms with Gasteiger partial charge >= 0.3 is 6.18 Å². The summed E-state index contributed by atoms with van der Waals surface area (Å²) in [4.78, 5) is 0.